The highest BCUT2D eigenvalue weighted by Gasteiger charge is 2.40. The lowest BCUT2D eigenvalue weighted by atomic mass is 10.0. The standard InChI is InChI=1S/C11H18O2/c1-11(2)12-9-7-5-3-4-6-8-10(9)13-11/h3-4,9-10H,5-8H2,1-2H3/b4-3-. The van der Waals surface area contributed by atoms with Crippen molar-refractivity contribution in [1.29, 1.82) is 0 Å². The van der Waals surface area contributed by atoms with Crippen molar-refractivity contribution in [2.75, 3.05) is 0 Å². The molecular weight excluding hydrogens is 164 g/mol. The average Bonchev–Trinajstić information content (AvgIpc) is 2.27. The van der Waals surface area contributed by atoms with Crippen molar-refractivity contribution in [3.63, 3.8) is 0 Å². The van der Waals surface area contributed by atoms with Gasteiger partial charge in [0.05, 0.1) is 12.2 Å². The third-order valence-electron chi connectivity index (χ3n) is 2.69. The van der Waals surface area contributed by atoms with Gasteiger partial charge in [0.1, 0.15) is 0 Å². The van der Waals surface area contributed by atoms with E-state index in [1.54, 1.807) is 0 Å². The molecule has 13 heavy (non-hydrogen) atoms. The number of ether oxygens (including phenoxy) is 2. The molecular formula is C11H18O2. The first-order valence-electron chi connectivity index (χ1n) is 5.18. The molecule has 0 aromatic rings. The van der Waals surface area contributed by atoms with Gasteiger partial charge >= 0.3 is 0 Å². The van der Waals surface area contributed by atoms with E-state index in [0.717, 1.165) is 25.7 Å². The Morgan fingerprint density at radius 1 is 1.00 bits per heavy atom. The van der Waals surface area contributed by atoms with E-state index in [4.69, 9.17) is 9.47 Å². The summed E-state index contributed by atoms with van der Waals surface area (Å²) in [6.07, 6.45) is 9.60. The second kappa shape index (κ2) is 3.43. The van der Waals surface area contributed by atoms with Gasteiger partial charge in [-0.3, -0.25) is 0 Å². The molecule has 0 aromatic carbocycles. The summed E-state index contributed by atoms with van der Waals surface area (Å²) in [5, 5.41) is 0. The summed E-state index contributed by atoms with van der Waals surface area (Å²) in [6.45, 7) is 4.01. The van der Waals surface area contributed by atoms with Gasteiger partial charge in [-0.1, -0.05) is 12.2 Å². The molecule has 1 heterocycles. The summed E-state index contributed by atoms with van der Waals surface area (Å²) < 4.78 is 11.7. The van der Waals surface area contributed by atoms with Crippen molar-refractivity contribution in [1.82, 2.24) is 0 Å². The van der Waals surface area contributed by atoms with Crippen LogP contribution in [0.1, 0.15) is 39.5 Å². The van der Waals surface area contributed by atoms with Gasteiger partial charge < -0.3 is 9.47 Å². The van der Waals surface area contributed by atoms with E-state index in [1.807, 2.05) is 13.8 Å². The first-order valence-corrected chi connectivity index (χ1v) is 5.18. The molecule has 2 atom stereocenters. The van der Waals surface area contributed by atoms with Crippen molar-refractivity contribution in [3.8, 4) is 0 Å². The maximum absolute atomic E-state index is 5.83. The lowest BCUT2D eigenvalue weighted by molar-refractivity contribution is -0.146. The van der Waals surface area contributed by atoms with Gasteiger partial charge in [0.25, 0.3) is 0 Å². The first kappa shape index (κ1) is 9.22. The van der Waals surface area contributed by atoms with Crippen LogP contribution in [0.4, 0.5) is 0 Å². The number of allylic oxidation sites excluding steroid dienone is 2. The van der Waals surface area contributed by atoms with Gasteiger partial charge in [0, 0.05) is 0 Å². The van der Waals surface area contributed by atoms with Gasteiger partial charge in [0.15, 0.2) is 5.79 Å². The molecule has 2 aliphatic rings. The Labute approximate surface area is 79.9 Å². The van der Waals surface area contributed by atoms with Crippen LogP contribution < -0.4 is 0 Å². The van der Waals surface area contributed by atoms with Crippen LogP contribution in [0.25, 0.3) is 0 Å². The molecule has 1 aliphatic carbocycles. The first-order chi connectivity index (χ1) is 6.17. The van der Waals surface area contributed by atoms with Crippen LogP contribution in [0.2, 0.25) is 0 Å². The summed E-state index contributed by atoms with van der Waals surface area (Å²) in [5.41, 5.74) is 0. The lowest BCUT2D eigenvalue weighted by Gasteiger charge is -2.16. The second-order valence-corrected chi connectivity index (χ2v) is 4.34. The Morgan fingerprint density at radius 2 is 1.46 bits per heavy atom. The van der Waals surface area contributed by atoms with Crippen molar-refractivity contribution in [2.24, 2.45) is 0 Å². The Bertz CT molecular complexity index is 188. The Hall–Kier alpha value is -0.340. The van der Waals surface area contributed by atoms with Crippen molar-refractivity contribution in [3.05, 3.63) is 12.2 Å². The third kappa shape index (κ3) is 2.12. The molecule has 0 radical (unpaired) electrons. The van der Waals surface area contributed by atoms with E-state index in [-0.39, 0.29) is 5.79 Å². The van der Waals surface area contributed by atoms with Crippen LogP contribution in [0, 0.1) is 0 Å². The summed E-state index contributed by atoms with van der Waals surface area (Å²) in [4.78, 5) is 0. The van der Waals surface area contributed by atoms with Gasteiger partial charge in [-0.25, -0.2) is 0 Å². The molecule has 0 bridgehead atoms. The highest BCUT2D eigenvalue weighted by atomic mass is 16.7. The van der Waals surface area contributed by atoms with E-state index in [1.165, 1.54) is 0 Å². The quantitative estimate of drug-likeness (QED) is 0.536. The number of fused-ring (bicyclic) bond motifs is 1. The van der Waals surface area contributed by atoms with Crippen LogP contribution >= 0.6 is 0 Å². The van der Waals surface area contributed by atoms with Crippen LogP contribution in [0.3, 0.4) is 0 Å². The molecule has 2 nitrogen and oxygen atoms in total. The molecule has 0 N–H and O–H groups in total. The van der Waals surface area contributed by atoms with Crippen molar-refractivity contribution < 1.29 is 9.47 Å². The molecule has 1 fully saturated rings. The van der Waals surface area contributed by atoms with Crippen LogP contribution in [-0.4, -0.2) is 18.0 Å². The highest BCUT2D eigenvalue weighted by Crippen LogP contribution is 2.33. The summed E-state index contributed by atoms with van der Waals surface area (Å²) >= 11 is 0. The highest BCUT2D eigenvalue weighted by molar-refractivity contribution is 4.91. The molecule has 2 rings (SSSR count). The van der Waals surface area contributed by atoms with E-state index < -0.39 is 0 Å². The molecule has 0 aromatic heterocycles. The monoisotopic (exact) mass is 182 g/mol. The largest absolute Gasteiger partial charge is 0.345 e. The Morgan fingerprint density at radius 3 is 1.92 bits per heavy atom. The molecule has 0 amide bonds. The van der Waals surface area contributed by atoms with Gasteiger partial charge in [-0.2, -0.15) is 0 Å². The minimum atomic E-state index is -0.361. The fraction of sp³-hybridized carbons (Fsp3) is 0.818. The molecule has 0 spiro atoms. The minimum Gasteiger partial charge on any atom is -0.345 e. The van der Waals surface area contributed by atoms with E-state index >= 15 is 0 Å². The minimum absolute atomic E-state index is 0.319. The van der Waals surface area contributed by atoms with Gasteiger partial charge in [-0.05, 0) is 39.5 Å². The van der Waals surface area contributed by atoms with Crippen molar-refractivity contribution in [2.45, 2.75) is 57.5 Å². The fourth-order valence-corrected chi connectivity index (χ4v) is 2.15. The van der Waals surface area contributed by atoms with Gasteiger partial charge in [-0.15, -0.1) is 0 Å². The lowest BCUT2D eigenvalue weighted by Crippen LogP contribution is -2.22. The van der Waals surface area contributed by atoms with Crippen molar-refractivity contribution >= 4 is 0 Å². The zero-order valence-corrected chi connectivity index (χ0v) is 8.45. The molecule has 0 saturated carbocycles. The zero-order valence-electron chi connectivity index (χ0n) is 8.45. The summed E-state index contributed by atoms with van der Waals surface area (Å²) in [6, 6.07) is 0. The van der Waals surface area contributed by atoms with E-state index in [0.29, 0.717) is 12.2 Å². The summed E-state index contributed by atoms with van der Waals surface area (Å²) in [7, 11) is 0. The molecule has 74 valence electrons. The van der Waals surface area contributed by atoms with Crippen LogP contribution in [-0.2, 0) is 9.47 Å². The number of hydrogen-bond acceptors (Lipinski definition) is 2. The molecule has 2 unspecified atom stereocenters. The predicted octanol–water partition coefficient (Wildman–Crippen LogP) is 2.64. The summed E-state index contributed by atoms with van der Waals surface area (Å²) in [5.74, 6) is -0.361. The topological polar surface area (TPSA) is 18.5 Å². The average molecular weight is 182 g/mol. The maximum atomic E-state index is 5.83. The van der Waals surface area contributed by atoms with Crippen LogP contribution in [0.5, 0.6) is 0 Å². The van der Waals surface area contributed by atoms with Gasteiger partial charge in [0.2, 0.25) is 0 Å². The SMILES string of the molecule is CC1(C)OC2CC/C=C\CCC2O1. The number of hydrogen-bond donors (Lipinski definition) is 0. The van der Waals surface area contributed by atoms with Crippen LogP contribution in [0.15, 0.2) is 12.2 Å². The van der Waals surface area contributed by atoms with E-state index in [9.17, 15) is 0 Å². The maximum Gasteiger partial charge on any atom is 0.163 e. The molecule has 2 heteroatoms. The zero-order chi connectivity index (χ0) is 9.31. The normalized spacial score (nSPS) is 40.5. The predicted molar refractivity (Wildman–Crippen MR) is 51.4 cm³/mol. The number of rotatable bonds is 0. The Kier molecular flexibility index (Phi) is 2.43. The third-order valence-corrected chi connectivity index (χ3v) is 2.69. The van der Waals surface area contributed by atoms with E-state index in [2.05, 4.69) is 12.2 Å². The fourth-order valence-electron chi connectivity index (χ4n) is 2.15. The smallest absolute Gasteiger partial charge is 0.163 e. The molecule has 1 saturated heterocycles. The Balaban J connectivity index is 2.03. The second-order valence-electron chi connectivity index (χ2n) is 4.34. The molecule has 1 aliphatic heterocycles.